The first-order chi connectivity index (χ1) is 5.75. The van der Waals surface area contributed by atoms with E-state index in [1.165, 1.54) is 6.40 Å². The maximum Gasteiger partial charge on any atom is 0.364 e. The molecule has 0 fully saturated rings. The third-order valence-electron chi connectivity index (χ3n) is 1.22. The van der Waals surface area contributed by atoms with Gasteiger partial charge in [-0.1, -0.05) is 0 Å². The standard InChI is InChI=1S/C6H10N4O2/c1-3-12-4-7-10-5(2)8-9-6(10)11/h4H,3H2,1-2H3,(H,9,11). The van der Waals surface area contributed by atoms with Crippen LogP contribution in [0.5, 0.6) is 0 Å². The second-order valence-corrected chi connectivity index (χ2v) is 2.06. The molecule has 0 aliphatic rings. The van der Waals surface area contributed by atoms with Gasteiger partial charge in [0.25, 0.3) is 0 Å². The SMILES string of the molecule is CCOC=Nn1c(C)n[nH]c1=O. The molecule has 66 valence electrons. The summed E-state index contributed by atoms with van der Waals surface area (Å²) >= 11 is 0. The third-order valence-corrected chi connectivity index (χ3v) is 1.22. The molecule has 6 heteroatoms. The van der Waals surface area contributed by atoms with Crippen LogP contribution in [-0.4, -0.2) is 27.9 Å². The number of aryl methyl sites for hydroxylation is 1. The summed E-state index contributed by atoms with van der Waals surface area (Å²) in [5.74, 6) is 0.496. The maximum absolute atomic E-state index is 10.9. The predicted octanol–water partition coefficient (Wildman–Crippen LogP) is -0.292. The lowest BCUT2D eigenvalue weighted by atomic mass is 10.7. The molecule has 12 heavy (non-hydrogen) atoms. The number of aromatic amines is 1. The number of hydrogen-bond donors (Lipinski definition) is 1. The first kappa shape index (κ1) is 8.51. The summed E-state index contributed by atoms with van der Waals surface area (Å²) in [6.07, 6.45) is 1.21. The number of aromatic nitrogens is 3. The molecule has 0 bridgehead atoms. The Kier molecular flexibility index (Phi) is 2.62. The topological polar surface area (TPSA) is 72.3 Å². The molecule has 1 aromatic heterocycles. The van der Waals surface area contributed by atoms with Gasteiger partial charge in [0.2, 0.25) is 0 Å². The van der Waals surface area contributed by atoms with Gasteiger partial charge in [-0.15, -0.1) is 5.10 Å². The Labute approximate surface area is 68.9 Å². The molecule has 0 spiro atoms. The lowest BCUT2D eigenvalue weighted by Crippen LogP contribution is -2.13. The number of H-pyrrole nitrogens is 1. The van der Waals surface area contributed by atoms with Crippen molar-refractivity contribution in [3.8, 4) is 0 Å². The Hall–Kier alpha value is -1.59. The zero-order chi connectivity index (χ0) is 8.97. The highest BCUT2D eigenvalue weighted by atomic mass is 16.5. The highest BCUT2D eigenvalue weighted by Crippen LogP contribution is 1.83. The number of nitrogens with zero attached hydrogens (tertiary/aromatic N) is 3. The minimum Gasteiger partial charge on any atom is -0.482 e. The van der Waals surface area contributed by atoms with Gasteiger partial charge in [0.05, 0.1) is 6.61 Å². The van der Waals surface area contributed by atoms with Gasteiger partial charge in [0, 0.05) is 0 Å². The van der Waals surface area contributed by atoms with E-state index in [-0.39, 0.29) is 5.69 Å². The fourth-order valence-electron chi connectivity index (χ4n) is 0.661. The largest absolute Gasteiger partial charge is 0.482 e. The van der Waals surface area contributed by atoms with Gasteiger partial charge in [0.15, 0.2) is 12.2 Å². The van der Waals surface area contributed by atoms with Gasteiger partial charge in [0.1, 0.15) is 0 Å². The van der Waals surface area contributed by atoms with Crippen molar-refractivity contribution in [2.24, 2.45) is 5.10 Å². The van der Waals surface area contributed by atoms with Gasteiger partial charge in [-0.25, -0.2) is 9.89 Å². The quantitative estimate of drug-likeness (QED) is 0.500. The lowest BCUT2D eigenvalue weighted by Gasteiger charge is -1.92. The van der Waals surface area contributed by atoms with Crippen molar-refractivity contribution in [2.45, 2.75) is 13.8 Å². The molecule has 0 radical (unpaired) electrons. The van der Waals surface area contributed by atoms with Crippen LogP contribution < -0.4 is 5.69 Å². The summed E-state index contributed by atoms with van der Waals surface area (Å²) in [6, 6.07) is 0. The monoisotopic (exact) mass is 170 g/mol. The van der Waals surface area contributed by atoms with E-state index < -0.39 is 0 Å². The number of nitrogens with one attached hydrogen (secondary N) is 1. The molecular formula is C6H10N4O2. The van der Waals surface area contributed by atoms with Crippen molar-refractivity contribution >= 4 is 6.40 Å². The highest BCUT2D eigenvalue weighted by molar-refractivity contribution is 5.45. The van der Waals surface area contributed by atoms with E-state index in [4.69, 9.17) is 4.74 Å². The van der Waals surface area contributed by atoms with E-state index >= 15 is 0 Å². The first-order valence-electron chi connectivity index (χ1n) is 3.54. The predicted molar refractivity (Wildman–Crippen MR) is 43.1 cm³/mol. The minimum absolute atomic E-state index is 0.372. The molecule has 0 aliphatic carbocycles. The second kappa shape index (κ2) is 3.70. The van der Waals surface area contributed by atoms with Crippen molar-refractivity contribution in [3.63, 3.8) is 0 Å². The third kappa shape index (κ3) is 1.71. The molecule has 0 unspecified atom stereocenters. The normalized spacial score (nSPS) is 10.8. The van der Waals surface area contributed by atoms with E-state index in [0.717, 1.165) is 4.68 Å². The van der Waals surface area contributed by atoms with Crippen LogP contribution in [0.2, 0.25) is 0 Å². The minimum atomic E-state index is -0.372. The molecule has 0 amide bonds. The molecular weight excluding hydrogens is 160 g/mol. The van der Waals surface area contributed by atoms with E-state index in [2.05, 4.69) is 15.3 Å². The van der Waals surface area contributed by atoms with Crippen LogP contribution in [0.25, 0.3) is 0 Å². The zero-order valence-corrected chi connectivity index (χ0v) is 6.94. The van der Waals surface area contributed by atoms with Crippen molar-refractivity contribution in [1.29, 1.82) is 0 Å². The first-order valence-corrected chi connectivity index (χ1v) is 3.54. The Morgan fingerprint density at radius 2 is 2.58 bits per heavy atom. The average molecular weight is 170 g/mol. The summed E-state index contributed by atoms with van der Waals surface area (Å²) in [5.41, 5.74) is -0.372. The fraction of sp³-hybridized carbons (Fsp3) is 0.500. The van der Waals surface area contributed by atoms with Gasteiger partial charge < -0.3 is 4.74 Å². The second-order valence-electron chi connectivity index (χ2n) is 2.06. The van der Waals surface area contributed by atoms with Crippen LogP contribution in [0.15, 0.2) is 9.90 Å². The van der Waals surface area contributed by atoms with E-state index in [1.54, 1.807) is 6.92 Å². The van der Waals surface area contributed by atoms with Gasteiger partial charge >= 0.3 is 5.69 Å². The van der Waals surface area contributed by atoms with Crippen LogP contribution in [0.1, 0.15) is 12.7 Å². The Morgan fingerprint density at radius 1 is 1.83 bits per heavy atom. The Bertz CT molecular complexity index is 325. The molecule has 0 atom stereocenters. The number of rotatable bonds is 3. The van der Waals surface area contributed by atoms with Crippen molar-refractivity contribution < 1.29 is 4.74 Å². The Morgan fingerprint density at radius 3 is 3.08 bits per heavy atom. The van der Waals surface area contributed by atoms with Crippen LogP contribution in [0.3, 0.4) is 0 Å². The average Bonchev–Trinajstić information content (AvgIpc) is 2.35. The number of ether oxygens (including phenoxy) is 1. The summed E-state index contributed by atoms with van der Waals surface area (Å²) in [7, 11) is 0. The van der Waals surface area contributed by atoms with Gasteiger partial charge in [-0.3, -0.25) is 0 Å². The summed E-state index contributed by atoms with van der Waals surface area (Å²) < 4.78 is 5.94. The summed E-state index contributed by atoms with van der Waals surface area (Å²) in [4.78, 5) is 10.9. The van der Waals surface area contributed by atoms with Crippen LogP contribution >= 0.6 is 0 Å². The molecule has 0 aromatic carbocycles. The Balaban J connectivity index is 2.81. The summed E-state index contributed by atoms with van der Waals surface area (Å²) in [5, 5.41) is 9.62. The van der Waals surface area contributed by atoms with E-state index in [0.29, 0.717) is 12.4 Å². The molecule has 1 aromatic rings. The fourth-order valence-corrected chi connectivity index (χ4v) is 0.661. The number of hydrogen-bond acceptors (Lipinski definition) is 4. The summed E-state index contributed by atoms with van der Waals surface area (Å²) in [6.45, 7) is 4.02. The smallest absolute Gasteiger partial charge is 0.364 e. The van der Waals surface area contributed by atoms with Gasteiger partial charge in [-0.2, -0.15) is 9.77 Å². The molecule has 0 aliphatic heterocycles. The lowest BCUT2D eigenvalue weighted by molar-refractivity contribution is 0.340. The molecule has 0 saturated heterocycles. The van der Waals surface area contributed by atoms with Gasteiger partial charge in [-0.05, 0) is 13.8 Å². The van der Waals surface area contributed by atoms with Crippen molar-refractivity contribution in [2.75, 3.05) is 6.61 Å². The van der Waals surface area contributed by atoms with E-state index in [1.807, 2.05) is 6.92 Å². The van der Waals surface area contributed by atoms with Crippen molar-refractivity contribution in [1.82, 2.24) is 14.9 Å². The van der Waals surface area contributed by atoms with Crippen molar-refractivity contribution in [3.05, 3.63) is 16.3 Å². The molecule has 0 saturated carbocycles. The molecule has 6 nitrogen and oxygen atoms in total. The van der Waals surface area contributed by atoms with Crippen LogP contribution in [0, 0.1) is 6.92 Å². The zero-order valence-electron chi connectivity index (χ0n) is 6.94. The molecule has 1 N–H and O–H groups in total. The maximum atomic E-state index is 10.9. The molecule has 1 rings (SSSR count). The van der Waals surface area contributed by atoms with E-state index in [9.17, 15) is 4.79 Å². The highest BCUT2D eigenvalue weighted by Gasteiger charge is 1.98. The van der Waals surface area contributed by atoms with Crippen LogP contribution in [0.4, 0.5) is 0 Å². The van der Waals surface area contributed by atoms with Crippen LogP contribution in [-0.2, 0) is 4.74 Å². The molecule has 1 heterocycles.